The summed E-state index contributed by atoms with van der Waals surface area (Å²) in [6.07, 6.45) is 5.03. The predicted molar refractivity (Wildman–Crippen MR) is 139 cm³/mol. The number of hydrogen-bond acceptors (Lipinski definition) is 3. The molecule has 3 aromatic rings. The van der Waals surface area contributed by atoms with Crippen LogP contribution in [0.4, 0.5) is 10.5 Å². The Labute approximate surface area is 203 Å². The molecule has 0 saturated carbocycles. The Hall–Kier alpha value is -3.34. The molecule has 0 radical (unpaired) electrons. The molecule has 0 saturated heterocycles. The van der Waals surface area contributed by atoms with Gasteiger partial charge in [0.25, 0.3) is 0 Å². The van der Waals surface area contributed by atoms with Crippen LogP contribution in [0.15, 0.2) is 60.9 Å². The Morgan fingerprint density at radius 1 is 0.882 bits per heavy atom. The first-order valence-electron chi connectivity index (χ1n) is 11.8. The number of urea groups is 1. The highest BCUT2D eigenvalue weighted by atomic mass is 16.3. The van der Waals surface area contributed by atoms with Crippen LogP contribution in [-0.4, -0.2) is 16.1 Å². The molecular weight excluding hydrogens is 422 g/mol. The van der Waals surface area contributed by atoms with E-state index in [0.29, 0.717) is 12.3 Å². The standard InChI is InChI=1S/C29H37N3O2/c1-28(2,3)23-16-20(17-24(26(23)33)29(4,5)6)13-14-22-11-7-8-12-25(22)32-27(34)31-19-21-10-9-15-30-18-21/h7-12,15-18,33H,13-14,19H2,1-6H3,(H2,31,32,34). The summed E-state index contributed by atoms with van der Waals surface area (Å²) in [6, 6.07) is 15.7. The summed E-state index contributed by atoms with van der Waals surface area (Å²) in [5.41, 5.74) is 5.62. The van der Waals surface area contributed by atoms with E-state index in [1.807, 2.05) is 36.4 Å². The lowest BCUT2D eigenvalue weighted by molar-refractivity contribution is 0.251. The molecule has 2 aromatic carbocycles. The van der Waals surface area contributed by atoms with E-state index in [9.17, 15) is 9.90 Å². The third-order valence-electron chi connectivity index (χ3n) is 5.91. The molecule has 34 heavy (non-hydrogen) atoms. The number of aryl methyl sites for hydroxylation is 2. The average molecular weight is 460 g/mol. The fraction of sp³-hybridized carbons (Fsp3) is 0.379. The Kier molecular flexibility index (Phi) is 7.65. The number of para-hydroxylation sites is 1. The second kappa shape index (κ2) is 10.3. The maximum atomic E-state index is 12.5. The van der Waals surface area contributed by atoms with Crippen molar-refractivity contribution < 1.29 is 9.90 Å². The lowest BCUT2D eigenvalue weighted by Crippen LogP contribution is -2.28. The van der Waals surface area contributed by atoms with Gasteiger partial charge in [0.15, 0.2) is 0 Å². The quantitative estimate of drug-likeness (QED) is 0.394. The van der Waals surface area contributed by atoms with Gasteiger partial charge in [0.05, 0.1) is 0 Å². The second-order valence-corrected chi connectivity index (χ2v) is 10.9. The number of phenols is 1. The molecule has 3 rings (SSSR count). The normalized spacial score (nSPS) is 11.8. The lowest BCUT2D eigenvalue weighted by atomic mass is 9.78. The van der Waals surface area contributed by atoms with E-state index in [1.54, 1.807) is 12.4 Å². The van der Waals surface area contributed by atoms with Crippen LogP contribution in [0.3, 0.4) is 0 Å². The fourth-order valence-corrected chi connectivity index (χ4v) is 3.97. The number of carbonyl (C=O) groups excluding carboxylic acids is 1. The van der Waals surface area contributed by atoms with E-state index in [1.165, 1.54) is 5.56 Å². The van der Waals surface area contributed by atoms with Gasteiger partial charge >= 0.3 is 6.03 Å². The first-order chi connectivity index (χ1) is 15.9. The number of pyridine rings is 1. The summed E-state index contributed by atoms with van der Waals surface area (Å²) in [5, 5.41) is 16.9. The zero-order chi connectivity index (χ0) is 24.9. The molecule has 0 aliphatic rings. The van der Waals surface area contributed by atoms with Crippen molar-refractivity contribution in [2.45, 2.75) is 71.8 Å². The smallest absolute Gasteiger partial charge is 0.319 e. The van der Waals surface area contributed by atoms with Crippen molar-refractivity contribution in [2.75, 3.05) is 5.32 Å². The molecule has 5 nitrogen and oxygen atoms in total. The molecule has 0 unspecified atom stereocenters. The number of hydrogen-bond donors (Lipinski definition) is 3. The van der Waals surface area contributed by atoms with Gasteiger partial charge in [-0.2, -0.15) is 0 Å². The van der Waals surface area contributed by atoms with Crippen LogP contribution in [0.2, 0.25) is 0 Å². The van der Waals surface area contributed by atoms with Crippen LogP contribution >= 0.6 is 0 Å². The van der Waals surface area contributed by atoms with Crippen LogP contribution in [0.1, 0.15) is 69.4 Å². The van der Waals surface area contributed by atoms with Gasteiger partial charge in [-0.3, -0.25) is 4.98 Å². The molecule has 180 valence electrons. The van der Waals surface area contributed by atoms with Gasteiger partial charge in [-0.1, -0.05) is 77.9 Å². The first-order valence-corrected chi connectivity index (χ1v) is 11.8. The molecule has 0 aliphatic heterocycles. The molecule has 2 amide bonds. The summed E-state index contributed by atoms with van der Waals surface area (Å²) in [4.78, 5) is 16.6. The number of anilines is 1. The van der Waals surface area contributed by atoms with Gasteiger partial charge < -0.3 is 15.7 Å². The van der Waals surface area contributed by atoms with E-state index in [2.05, 4.69) is 69.3 Å². The number of carbonyl (C=O) groups is 1. The van der Waals surface area contributed by atoms with Gasteiger partial charge in [0.1, 0.15) is 5.75 Å². The average Bonchev–Trinajstić information content (AvgIpc) is 2.77. The molecule has 0 bridgehead atoms. The van der Waals surface area contributed by atoms with Crippen molar-refractivity contribution in [1.29, 1.82) is 0 Å². The number of amides is 2. The summed E-state index contributed by atoms with van der Waals surface area (Å²) >= 11 is 0. The van der Waals surface area contributed by atoms with Gasteiger partial charge in [-0.25, -0.2) is 4.79 Å². The summed E-state index contributed by atoms with van der Waals surface area (Å²) < 4.78 is 0. The number of nitrogens with zero attached hydrogens (tertiary/aromatic N) is 1. The molecule has 1 heterocycles. The molecule has 5 heteroatoms. The van der Waals surface area contributed by atoms with Crippen molar-refractivity contribution in [1.82, 2.24) is 10.3 Å². The Morgan fingerprint density at radius 3 is 2.12 bits per heavy atom. The van der Waals surface area contributed by atoms with E-state index < -0.39 is 0 Å². The van der Waals surface area contributed by atoms with E-state index in [-0.39, 0.29) is 16.9 Å². The number of nitrogens with one attached hydrogen (secondary N) is 2. The van der Waals surface area contributed by atoms with Crippen molar-refractivity contribution in [3.05, 3.63) is 88.7 Å². The zero-order valence-electron chi connectivity index (χ0n) is 21.2. The largest absolute Gasteiger partial charge is 0.507 e. The molecule has 0 fully saturated rings. The molecular formula is C29H37N3O2. The van der Waals surface area contributed by atoms with Crippen LogP contribution in [-0.2, 0) is 30.2 Å². The van der Waals surface area contributed by atoms with Gasteiger partial charge in [0, 0.05) is 24.6 Å². The Bertz CT molecular complexity index is 1090. The van der Waals surface area contributed by atoms with Crippen LogP contribution in [0.25, 0.3) is 0 Å². The summed E-state index contributed by atoms with van der Waals surface area (Å²) in [5.74, 6) is 0.399. The zero-order valence-corrected chi connectivity index (χ0v) is 21.2. The third-order valence-corrected chi connectivity index (χ3v) is 5.91. The lowest BCUT2D eigenvalue weighted by Gasteiger charge is -2.28. The maximum Gasteiger partial charge on any atom is 0.319 e. The second-order valence-electron chi connectivity index (χ2n) is 10.9. The van der Waals surface area contributed by atoms with E-state index in [4.69, 9.17) is 0 Å². The molecule has 0 aliphatic carbocycles. The highest BCUT2D eigenvalue weighted by Gasteiger charge is 2.26. The van der Waals surface area contributed by atoms with Crippen LogP contribution < -0.4 is 10.6 Å². The number of phenolic OH excluding ortho intramolecular Hbond substituents is 1. The molecule has 1 aromatic heterocycles. The minimum atomic E-state index is -0.244. The van der Waals surface area contributed by atoms with Gasteiger partial charge in [-0.05, 0) is 63.6 Å². The number of aromatic nitrogens is 1. The van der Waals surface area contributed by atoms with Crippen molar-refractivity contribution in [2.24, 2.45) is 0 Å². The van der Waals surface area contributed by atoms with Crippen LogP contribution in [0, 0.1) is 0 Å². The molecule has 3 N–H and O–H groups in total. The number of aromatic hydroxyl groups is 1. The topological polar surface area (TPSA) is 74.2 Å². The number of benzene rings is 2. The predicted octanol–water partition coefficient (Wildman–Crippen LogP) is 6.49. The van der Waals surface area contributed by atoms with Gasteiger partial charge in [0.2, 0.25) is 0 Å². The minimum Gasteiger partial charge on any atom is -0.507 e. The monoisotopic (exact) mass is 459 g/mol. The summed E-state index contributed by atoms with van der Waals surface area (Å²) in [7, 11) is 0. The third kappa shape index (κ3) is 6.60. The van der Waals surface area contributed by atoms with Crippen molar-refractivity contribution in [3.8, 4) is 5.75 Å². The first kappa shape index (κ1) is 25.3. The maximum absolute atomic E-state index is 12.5. The van der Waals surface area contributed by atoms with Crippen molar-refractivity contribution in [3.63, 3.8) is 0 Å². The Balaban J connectivity index is 1.75. The van der Waals surface area contributed by atoms with E-state index in [0.717, 1.165) is 40.8 Å². The highest BCUT2D eigenvalue weighted by Crippen LogP contribution is 2.40. The molecule has 0 atom stereocenters. The minimum absolute atomic E-state index is 0.161. The fourth-order valence-electron chi connectivity index (χ4n) is 3.97. The number of rotatable bonds is 6. The van der Waals surface area contributed by atoms with E-state index >= 15 is 0 Å². The Morgan fingerprint density at radius 2 is 1.53 bits per heavy atom. The van der Waals surface area contributed by atoms with Gasteiger partial charge in [-0.15, -0.1) is 0 Å². The SMILES string of the molecule is CC(C)(C)c1cc(CCc2ccccc2NC(=O)NCc2cccnc2)cc(C(C)(C)C)c1O. The molecule has 0 spiro atoms. The van der Waals surface area contributed by atoms with Crippen LogP contribution in [0.5, 0.6) is 5.75 Å². The summed E-state index contributed by atoms with van der Waals surface area (Å²) in [6.45, 7) is 13.2. The highest BCUT2D eigenvalue weighted by molar-refractivity contribution is 5.90. The van der Waals surface area contributed by atoms with Crippen molar-refractivity contribution >= 4 is 11.7 Å².